The summed E-state index contributed by atoms with van der Waals surface area (Å²) in [5, 5.41) is 7.69. The number of nitrogens with one attached hydrogen (secondary N) is 1. The summed E-state index contributed by atoms with van der Waals surface area (Å²) in [6, 6.07) is 6.00. The average molecular weight is 325 g/mol. The van der Waals surface area contributed by atoms with Gasteiger partial charge >= 0.3 is 0 Å². The lowest BCUT2D eigenvalue weighted by molar-refractivity contribution is 0.289. The van der Waals surface area contributed by atoms with Crippen LogP contribution in [-0.4, -0.2) is 42.4 Å². The van der Waals surface area contributed by atoms with E-state index in [1.807, 2.05) is 12.1 Å². The maximum absolute atomic E-state index is 5.93. The average Bonchev–Trinajstić information content (AvgIpc) is 3.19. The quantitative estimate of drug-likeness (QED) is 0.918. The van der Waals surface area contributed by atoms with E-state index in [-0.39, 0.29) is 0 Å². The Balaban J connectivity index is 1.46. The summed E-state index contributed by atoms with van der Waals surface area (Å²) in [6.45, 7) is 2.35. The van der Waals surface area contributed by atoms with Crippen molar-refractivity contribution in [1.82, 2.24) is 15.1 Å². The van der Waals surface area contributed by atoms with Crippen LogP contribution in [0.1, 0.15) is 28.9 Å². The van der Waals surface area contributed by atoms with Gasteiger partial charge in [-0.1, -0.05) is 12.1 Å². The topological polar surface area (TPSA) is 50.4 Å². The van der Waals surface area contributed by atoms with Gasteiger partial charge in [0.15, 0.2) is 11.5 Å². The first-order valence-electron chi connectivity index (χ1n) is 8.47. The van der Waals surface area contributed by atoms with E-state index in [0.29, 0.717) is 6.61 Å². The maximum Gasteiger partial charge on any atom is 0.168 e. The number of fused-ring (bicyclic) bond motifs is 2. The maximum atomic E-state index is 5.93. The summed E-state index contributed by atoms with van der Waals surface area (Å²) < 4.78 is 11.3. The number of aromatic amines is 1. The van der Waals surface area contributed by atoms with Crippen LogP contribution in [0.15, 0.2) is 23.8 Å². The molecule has 1 aromatic carbocycles. The molecule has 1 aromatic heterocycles. The Hall–Kier alpha value is -2.27. The highest BCUT2D eigenvalue weighted by Gasteiger charge is 2.20. The van der Waals surface area contributed by atoms with Gasteiger partial charge in [-0.25, -0.2) is 0 Å². The minimum Gasteiger partial charge on any atom is -0.493 e. The summed E-state index contributed by atoms with van der Waals surface area (Å²) in [5.74, 6) is 1.64. The van der Waals surface area contributed by atoms with Crippen LogP contribution in [-0.2, 0) is 19.4 Å². The minimum atomic E-state index is 0.608. The summed E-state index contributed by atoms with van der Waals surface area (Å²) >= 11 is 0. The number of para-hydroxylation sites is 1. The highest BCUT2D eigenvalue weighted by atomic mass is 16.5. The van der Waals surface area contributed by atoms with Crippen LogP contribution in [0.4, 0.5) is 0 Å². The minimum absolute atomic E-state index is 0.608. The monoisotopic (exact) mass is 325 g/mol. The van der Waals surface area contributed by atoms with Crippen LogP contribution in [0.5, 0.6) is 11.5 Å². The fourth-order valence-electron chi connectivity index (χ4n) is 3.66. The molecule has 0 fully saturated rings. The van der Waals surface area contributed by atoms with Gasteiger partial charge in [-0.05, 0) is 49.6 Å². The summed E-state index contributed by atoms with van der Waals surface area (Å²) in [6.07, 6.45) is 5.77. The molecule has 4 rings (SSSR count). The molecule has 2 aliphatic rings. The normalized spacial score (nSPS) is 15.7. The molecule has 24 heavy (non-hydrogen) atoms. The van der Waals surface area contributed by atoms with Gasteiger partial charge in [0.25, 0.3) is 0 Å². The van der Waals surface area contributed by atoms with Gasteiger partial charge in [0.2, 0.25) is 0 Å². The largest absolute Gasteiger partial charge is 0.493 e. The van der Waals surface area contributed by atoms with Crippen LogP contribution < -0.4 is 9.47 Å². The molecule has 0 atom stereocenters. The second-order valence-corrected chi connectivity index (χ2v) is 6.62. The van der Waals surface area contributed by atoms with Crippen molar-refractivity contribution < 1.29 is 9.47 Å². The van der Waals surface area contributed by atoms with E-state index in [1.165, 1.54) is 28.9 Å². The Morgan fingerprint density at radius 1 is 1.29 bits per heavy atom. The molecule has 0 spiro atoms. The van der Waals surface area contributed by atoms with E-state index < -0.39 is 0 Å². The zero-order valence-corrected chi connectivity index (χ0v) is 14.3. The van der Waals surface area contributed by atoms with Gasteiger partial charge in [-0.2, -0.15) is 5.10 Å². The summed E-state index contributed by atoms with van der Waals surface area (Å²) in [5.41, 5.74) is 6.32. The predicted octanol–water partition coefficient (Wildman–Crippen LogP) is 2.81. The van der Waals surface area contributed by atoms with Gasteiger partial charge in [-0.15, -0.1) is 0 Å². The van der Waals surface area contributed by atoms with Crippen molar-refractivity contribution in [3.8, 4) is 11.5 Å². The molecule has 1 N–H and O–H groups in total. The lowest BCUT2D eigenvalue weighted by atomic mass is 10.1. The smallest absolute Gasteiger partial charge is 0.168 e. The highest BCUT2D eigenvalue weighted by Crippen LogP contribution is 2.35. The molecular formula is C19H23N3O2. The van der Waals surface area contributed by atoms with Gasteiger partial charge in [-0.3, -0.25) is 10.00 Å². The second-order valence-electron chi connectivity index (χ2n) is 6.62. The molecule has 0 saturated carbocycles. The Morgan fingerprint density at radius 2 is 2.21 bits per heavy atom. The Kier molecular flexibility index (Phi) is 4.02. The van der Waals surface area contributed by atoms with Crippen LogP contribution >= 0.6 is 0 Å². The van der Waals surface area contributed by atoms with Crippen molar-refractivity contribution in [2.75, 3.05) is 27.3 Å². The number of methoxy groups -OCH3 is 1. The van der Waals surface area contributed by atoms with Crippen molar-refractivity contribution in [2.24, 2.45) is 0 Å². The molecular weight excluding hydrogens is 302 g/mol. The molecule has 0 amide bonds. The number of H-pyrrole nitrogens is 1. The first kappa shape index (κ1) is 15.3. The van der Waals surface area contributed by atoms with E-state index in [0.717, 1.165) is 43.0 Å². The number of hydrogen-bond acceptors (Lipinski definition) is 4. The molecule has 1 aliphatic carbocycles. The third-order valence-electron chi connectivity index (χ3n) is 4.78. The molecule has 0 unspecified atom stereocenters. The molecule has 1 aliphatic heterocycles. The predicted molar refractivity (Wildman–Crippen MR) is 93.4 cm³/mol. The highest BCUT2D eigenvalue weighted by molar-refractivity contribution is 5.66. The van der Waals surface area contributed by atoms with Gasteiger partial charge in [0, 0.05) is 24.3 Å². The number of aryl methyl sites for hydroxylation is 1. The SMILES string of the molecule is COc1cccc2c1OCC(CN(C)Cc1n[nH]c3c1CCC3)=C2. The molecule has 0 bridgehead atoms. The number of aromatic nitrogens is 2. The van der Waals surface area contributed by atoms with Crippen molar-refractivity contribution >= 4 is 6.08 Å². The molecule has 0 radical (unpaired) electrons. The van der Waals surface area contributed by atoms with Crippen molar-refractivity contribution in [1.29, 1.82) is 0 Å². The molecule has 126 valence electrons. The first-order chi connectivity index (χ1) is 11.7. The number of benzene rings is 1. The van der Waals surface area contributed by atoms with Gasteiger partial charge in [0.05, 0.1) is 12.8 Å². The summed E-state index contributed by atoms with van der Waals surface area (Å²) in [4.78, 5) is 2.30. The molecule has 2 heterocycles. The number of hydrogen-bond donors (Lipinski definition) is 1. The lowest BCUT2D eigenvalue weighted by Gasteiger charge is -2.23. The zero-order valence-electron chi connectivity index (χ0n) is 14.3. The fourth-order valence-corrected chi connectivity index (χ4v) is 3.66. The number of nitrogens with zero attached hydrogens (tertiary/aromatic N) is 2. The molecule has 5 heteroatoms. The fraction of sp³-hybridized carbons (Fsp3) is 0.421. The van der Waals surface area contributed by atoms with E-state index in [1.54, 1.807) is 7.11 Å². The summed E-state index contributed by atoms with van der Waals surface area (Å²) in [7, 11) is 3.81. The Bertz CT molecular complexity index is 779. The van der Waals surface area contributed by atoms with Crippen LogP contribution in [0.2, 0.25) is 0 Å². The zero-order chi connectivity index (χ0) is 16.5. The number of ether oxygens (including phenoxy) is 2. The third kappa shape index (κ3) is 2.80. The third-order valence-corrected chi connectivity index (χ3v) is 4.78. The molecule has 2 aromatic rings. The Morgan fingerprint density at radius 3 is 3.08 bits per heavy atom. The van der Waals surface area contributed by atoms with Gasteiger partial charge < -0.3 is 9.47 Å². The van der Waals surface area contributed by atoms with Crippen LogP contribution in [0.3, 0.4) is 0 Å². The first-order valence-corrected chi connectivity index (χ1v) is 8.47. The van der Waals surface area contributed by atoms with Gasteiger partial charge in [0.1, 0.15) is 6.61 Å². The van der Waals surface area contributed by atoms with Crippen molar-refractivity contribution in [3.05, 3.63) is 46.3 Å². The second kappa shape index (κ2) is 6.32. The van der Waals surface area contributed by atoms with E-state index in [9.17, 15) is 0 Å². The van der Waals surface area contributed by atoms with Crippen LogP contribution in [0.25, 0.3) is 6.08 Å². The Labute approximate surface area is 142 Å². The van der Waals surface area contributed by atoms with Crippen LogP contribution in [0, 0.1) is 0 Å². The molecule has 0 saturated heterocycles. The van der Waals surface area contributed by atoms with E-state index >= 15 is 0 Å². The van der Waals surface area contributed by atoms with Crippen molar-refractivity contribution in [2.45, 2.75) is 25.8 Å². The number of likely N-dealkylation sites (N-methyl/N-ethyl adjacent to an activating group) is 1. The standard InChI is InChI=1S/C19H23N3O2/c1-22(11-17-15-6-4-7-16(15)20-21-17)10-13-9-14-5-3-8-18(23-2)19(14)24-12-13/h3,5,8-9H,4,6-7,10-12H2,1-2H3,(H,20,21). The van der Waals surface area contributed by atoms with E-state index in [2.05, 4.69) is 34.3 Å². The van der Waals surface area contributed by atoms with E-state index in [4.69, 9.17) is 9.47 Å². The lowest BCUT2D eigenvalue weighted by Crippen LogP contribution is -2.24. The van der Waals surface area contributed by atoms with Crippen molar-refractivity contribution in [3.63, 3.8) is 0 Å². The number of rotatable bonds is 5. The molecule has 5 nitrogen and oxygen atoms in total.